The van der Waals surface area contributed by atoms with Crippen LogP contribution in [0.3, 0.4) is 0 Å². The molecule has 0 saturated carbocycles. The summed E-state index contributed by atoms with van der Waals surface area (Å²) in [5.74, 6) is 0. The van der Waals surface area contributed by atoms with Crippen LogP contribution in [0.15, 0.2) is 0 Å². The first-order chi connectivity index (χ1) is 1.73. The van der Waals surface area contributed by atoms with E-state index < -0.39 is 0 Å². The Bertz CT molecular complexity index is 29.0. The predicted molar refractivity (Wildman–Crippen MR) is 19.7 cm³/mol. The van der Waals surface area contributed by atoms with Crippen LogP contribution in [-0.2, 0) is 0 Å². The molecule has 0 fully saturated rings. The fraction of sp³-hybridized carbons (Fsp3) is 0. The van der Waals surface area contributed by atoms with Gasteiger partial charge < -0.3 is 0 Å². The quantitative estimate of drug-likeness (QED) is 0.517. The molecule has 0 bridgehead atoms. The van der Waals surface area contributed by atoms with Crippen molar-refractivity contribution in [3.05, 3.63) is 0 Å². The Morgan fingerprint density at radius 2 is 1.50 bits per heavy atom. The second-order valence-corrected chi connectivity index (χ2v) is 5.72. The van der Waals surface area contributed by atoms with E-state index in [4.69, 9.17) is 0 Å². The second kappa shape index (κ2) is 2.48. The molecular weight excluding hydrogens is 283 g/mol. The molecule has 0 aliphatic heterocycles. The molecule has 0 atom stereocenters. The molecule has 0 unspecified atom stereocenters. The summed E-state index contributed by atoms with van der Waals surface area (Å²) in [5, 5.41) is 0. The zero-order valence-corrected chi connectivity index (χ0v) is 6.91. The van der Waals surface area contributed by atoms with Crippen molar-refractivity contribution in [1.82, 2.24) is 0 Å². The average molecular weight is 285 g/mol. The Kier molecular flexibility index (Phi) is 3.26. The van der Waals surface area contributed by atoms with E-state index in [0.717, 1.165) is 0 Å². The molecule has 0 spiro atoms. The van der Waals surface area contributed by atoms with Crippen molar-refractivity contribution in [1.29, 1.82) is 0 Å². The predicted octanol–water partition coefficient (Wildman–Crippen LogP) is -1.09. The first-order valence-electron chi connectivity index (χ1n) is 0.651. The standard InChI is InChI=1S/CH2OTe2/c2-1(3)4/h(H2,2,3,4). The van der Waals surface area contributed by atoms with Gasteiger partial charge in [0.2, 0.25) is 0 Å². The molecule has 1 nitrogen and oxygen atoms in total. The Hall–Kier alpha value is 1.25. The van der Waals surface area contributed by atoms with E-state index in [2.05, 4.69) is 0 Å². The van der Waals surface area contributed by atoms with Crippen molar-refractivity contribution in [2.75, 3.05) is 0 Å². The van der Waals surface area contributed by atoms with Crippen molar-refractivity contribution >= 4 is 46.5 Å². The Labute approximate surface area is 50.9 Å². The van der Waals surface area contributed by atoms with E-state index in [1.807, 2.05) is 0 Å². The molecule has 0 aromatic carbocycles. The molecule has 0 aromatic rings. The summed E-state index contributed by atoms with van der Waals surface area (Å²) in [5.41, 5.74) is 0. The summed E-state index contributed by atoms with van der Waals surface area (Å²) in [7, 11) is 0. The Balaban J connectivity index is 2.80. The molecule has 0 aliphatic carbocycles. The molecule has 0 amide bonds. The first-order valence-corrected chi connectivity index (χ1v) is 3.20. The summed E-state index contributed by atoms with van der Waals surface area (Å²) in [6, 6.07) is 0. The maximum atomic E-state index is 9.49. The van der Waals surface area contributed by atoms with Crippen LogP contribution in [0.5, 0.6) is 0 Å². The van der Waals surface area contributed by atoms with Crippen LogP contribution in [0.25, 0.3) is 0 Å². The molecule has 0 rings (SSSR count). The van der Waals surface area contributed by atoms with Crippen molar-refractivity contribution < 1.29 is 4.79 Å². The molecule has 0 aliphatic rings. The van der Waals surface area contributed by atoms with Gasteiger partial charge in [0.1, 0.15) is 0 Å². The maximum absolute atomic E-state index is 9.49. The monoisotopic (exact) mass is 290 g/mol. The van der Waals surface area contributed by atoms with Gasteiger partial charge in [0.05, 0.1) is 0 Å². The summed E-state index contributed by atoms with van der Waals surface area (Å²) < 4.78 is 0.267. The Morgan fingerprint density at radius 1 is 1.50 bits per heavy atom. The van der Waals surface area contributed by atoms with Gasteiger partial charge in [-0.3, -0.25) is 0 Å². The van der Waals surface area contributed by atoms with Crippen LogP contribution >= 0.6 is 0 Å². The van der Waals surface area contributed by atoms with E-state index in [9.17, 15) is 4.79 Å². The zero-order chi connectivity index (χ0) is 3.58. The molecule has 0 saturated heterocycles. The Morgan fingerprint density at radius 3 is 1.50 bits per heavy atom. The SMILES string of the molecule is O=C([TeH])[TeH]. The zero-order valence-electron chi connectivity index (χ0n) is 1.80. The number of rotatable bonds is 0. The van der Waals surface area contributed by atoms with Gasteiger partial charge in [-0.2, -0.15) is 0 Å². The third-order valence-electron chi connectivity index (χ3n) is 0. The molecule has 0 N–H and O–H groups in total. The van der Waals surface area contributed by atoms with E-state index in [0.29, 0.717) is 0 Å². The van der Waals surface area contributed by atoms with E-state index in [-0.39, 0.29) is 1.88 Å². The van der Waals surface area contributed by atoms with Gasteiger partial charge in [0, 0.05) is 0 Å². The number of hydrogen-bond acceptors (Lipinski definition) is 1. The van der Waals surface area contributed by atoms with Crippen LogP contribution in [0.1, 0.15) is 0 Å². The number of carbonyl (C=O) groups excluding carboxylic acids is 1. The normalized spacial score (nSPS) is 6.50. The molecule has 0 radical (unpaired) electrons. The molecule has 4 heavy (non-hydrogen) atoms. The molecule has 24 valence electrons. The summed E-state index contributed by atoms with van der Waals surface area (Å²) in [4.78, 5) is 9.49. The molecule has 3 heteroatoms. The van der Waals surface area contributed by atoms with E-state index >= 15 is 0 Å². The minimum absolute atomic E-state index is 0.267. The van der Waals surface area contributed by atoms with Crippen LogP contribution < -0.4 is 0 Å². The van der Waals surface area contributed by atoms with Crippen LogP contribution in [0, 0.1) is 0 Å². The van der Waals surface area contributed by atoms with Crippen molar-refractivity contribution in [3.63, 3.8) is 0 Å². The van der Waals surface area contributed by atoms with Gasteiger partial charge in [0.25, 0.3) is 0 Å². The van der Waals surface area contributed by atoms with Crippen LogP contribution in [0.4, 0.5) is 4.79 Å². The van der Waals surface area contributed by atoms with Crippen molar-refractivity contribution in [2.24, 2.45) is 0 Å². The van der Waals surface area contributed by atoms with Crippen molar-refractivity contribution in [2.45, 2.75) is 0 Å². The average Bonchev–Trinajstić information content (AvgIpc) is 0.811. The van der Waals surface area contributed by atoms with Gasteiger partial charge in [-0.15, -0.1) is 0 Å². The third kappa shape index (κ3) is 10.5. The van der Waals surface area contributed by atoms with E-state index in [1.54, 1.807) is 0 Å². The topological polar surface area (TPSA) is 17.1 Å². The van der Waals surface area contributed by atoms with Crippen LogP contribution in [-0.4, -0.2) is 46.5 Å². The second-order valence-electron chi connectivity index (χ2n) is 0.283. The third-order valence-corrected chi connectivity index (χ3v) is 0. The van der Waals surface area contributed by atoms with Gasteiger partial charge in [0.15, 0.2) is 0 Å². The fourth-order valence-corrected chi connectivity index (χ4v) is 0. The minimum atomic E-state index is 0.267. The van der Waals surface area contributed by atoms with E-state index in [1.165, 1.54) is 44.6 Å². The first kappa shape index (κ1) is 5.25. The van der Waals surface area contributed by atoms with Crippen LogP contribution in [0.2, 0.25) is 0 Å². The summed E-state index contributed by atoms with van der Waals surface area (Å²) >= 11 is 2.51. The number of hydrogen-bond donors (Lipinski definition) is 0. The summed E-state index contributed by atoms with van der Waals surface area (Å²) in [6.45, 7) is 0. The number of carbonyl (C=O) groups is 1. The van der Waals surface area contributed by atoms with Gasteiger partial charge in [-0.25, -0.2) is 0 Å². The van der Waals surface area contributed by atoms with Gasteiger partial charge in [-0.05, 0) is 0 Å². The summed E-state index contributed by atoms with van der Waals surface area (Å²) in [6.07, 6.45) is 0. The van der Waals surface area contributed by atoms with Gasteiger partial charge in [-0.1, -0.05) is 0 Å². The fourth-order valence-electron chi connectivity index (χ4n) is 0. The molecule has 0 heterocycles. The molecule has 0 aromatic heterocycles. The van der Waals surface area contributed by atoms with Crippen molar-refractivity contribution in [3.8, 4) is 0 Å². The molecular formula is CH2OTe2. The van der Waals surface area contributed by atoms with Gasteiger partial charge >= 0.3 is 51.3 Å².